The molecule has 1 atom stereocenters. The summed E-state index contributed by atoms with van der Waals surface area (Å²) in [5.41, 5.74) is -0.684. The molecule has 12 heteroatoms. The van der Waals surface area contributed by atoms with Gasteiger partial charge in [-0.25, -0.2) is 19.0 Å². The first-order valence-electron chi connectivity index (χ1n) is 15.7. The molecule has 0 radical (unpaired) electrons. The second-order valence-corrected chi connectivity index (χ2v) is 13.0. The maximum Gasteiger partial charge on any atom is 0.419 e. The number of carbonyl (C=O) groups is 2. The van der Waals surface area contributed by atoms with Crippen LogP contribution in [0.2, 0.25) is 0 Å². The van der Waals surface area contributed by atoms with Gasteiger partial charge in [0.05, 0.1) is 17.3 Å². The minimum Gasteiger partial charge on any atom is -0.445 e. The van der Waals surface area contributed by atoms with E-state index in [0.29, 0.717) is 44.8 Å². The van der Waals surface area contributed by atoms with Crippen molar-refractivity contribution in [1.82, 2.24) is 19.4 Å². The predicted octanol–water partition coefficient (Wildman–Crippen LogP) is 8.01. The van der Waals surface area contributed by atoms with Gasteiger partial charge in [0.25, 0.3) is 0 Å². The Hall–Kier alpha value is -4.09. The molecular formula is C34H40F4N4O4. The summed E-state index contributed by atoms with van der Waals surface area (Å²) in [5.74, 6) is -0.797. The minimum atomic E-state index is -4.86. The zero-order valence-electron chi connectivity index (χ0n) is 26.4. The molecule has 5 rings (SSSR count). The molecular weight excluding hydrogens is 604 g/mol. The normalized spacial score (nSPS) is 18.0. The number of alkyl halides is 3. The van der Waals surface area contributed by atoms with Crippen LogP contribution in [0.4, 0.5) is 27.2 Å². The molecule has 3 aromatic rings. The molecule has 0 saturated carbocycles. The quantitative estimate of drug-likeness (QED) is 0.254. The van der Waals surface area contributed by atoms with Crippen LogP contribution in [0.25, 0.3) is 11.3 Å². The zero-order chi connectivity index (χ0) is 33.1. The molecule has 0 bridgehead atoms. The average Bonchev–Trinajstić information content (AvgIpc) is 3.43. The molecule has 0 N–H and O–H groups in total. The number of benzene rings is 2. The first-order valence-corrected chi connectivity index (χ1v) is 15.7. The summed E-state index contributed by atoms with van der Waals surface area (Å²) in [7, 11) is 0. The molecule has 1 aromatic heterocycles. The fourth-order valence-corrected chi connectivity index (χ4v) is 6.05. The van der Waals surface area contributed by atoms with Gasteiger partial charge >= 0.3 is 18.4 Å². The molecule has 2 aromatic carbocycles. The third kappa shape index (κ3) is 8.19. The molecule has 46 heavy (non-hydrogen) atoms. The van der Waals surface area contributed by atoms with E-state index in [9.17, 15) is 27.2 Å². The van der Waals surface area contributed by atoms with Crippen LogP contribution in [0, 0.1) is 5.82 Å². The Morgan fingerprint density at radius 2 is 1.65 bits per heavy atom. The molecule has 0 aliphatic carbocycles. The Morgan fingerprint density at radius 3 is 2.33 bits per heavy atom. The predicted molar refractivity (Wildman–Crippen MR) is 163 cm³/mol. The maximum absolute atomic E-state index is 14.1. The third-order valence-electron chi connectivity index (χ3n) is 8.36. The summed E-state index contributed by atoms with van der Waals surface area (Å²) in [6, 6.07) is 12.1. The molecule has 2 saturated heterocycles. The number of hydrogen-bond acceptors (Lipinski definition) is 5. The number of likely N-dealkylation sites (tertiary alicyclic amines) is 2. The maximum atomic E-state index is 14.1. The number of ether oxygens (including phenoxy) is 2. The Balaban J connectivity index is 1.40. The topological polar surface area (TPSA) is 76.9 Å². The number of amides is 2. The van der Waals surface area contributed by atoms with E-state index in [4.69, 9.17) is 14.5 Å². The van der Waals surface area contributed by atoms with E-state index >= 15 is 0 Å². The van der Waals surface area contributed by atoms with Crippen molar-refractivity contribution in [1.29, 1.82) is 0 Å². The van der Waals surface area contributed by atoms with E-state index in [1.165, 1.54) is 6.07 Å². The van der Waals surface area contributed by atoms with Crippen molar-refractivity contribution in [2.45, 2.75) is 89.8 Å². The monoisotopic (exact) mass is 644 g/mol. The number of hydrogen-bond donors (Lipinski definition) is 0. The van der Waals surface area contributed by atoms with Gasteiger partial charge in [-0.2, -0.15) is 13.2 Å². The number of carbonyl (C=O) groups excluding carboxylic acids is 2. The highest BCUT2D eigenvalue weighted by molar-refractivity contribution is 5.69. The second kappa shape index (κ2) is 13.7. The van der Waals surface area contributed by atoms with Crippen LogP contribution < -0.4 is 0 Å². The van der Waals surface area contributed by atoms with Crippen LogP contribution in [-0.2, 0) is 28.8 Å². The van der Waals surface area contributed by atoms with Crippen molar-refractivity contribution in [3.63, 3.8) is 0 Å². The van der Waals surface area contributed by atoms with Gasteiger partial charge in [0.15, 0.2) is 0 Å². The van der Waals surface area contributed by atoms with E-state index in [1.54, 1.807) is 16.0 Å². The zero-order valence-corrected chi connectivity index (χ0v) is 26.4. The van der Waals surface area contributed by atoms with Crippen LogP contribution in [0.3, 0.4) is 0 Å². The van der Waals surface area contributed by atoms with Crippen LogP contribution in [0.1, 0.15) is 75.7 Å². The fraction of sp³-hybridized carbons (Fsp3) is 0.500. The number of halogens is 4. The highest BCUT2D eigenvalue weighted by atomic mass is 19.4. The molecule has 0 spiro atoms. The smallest absolute Gasteiger partial charge is 0.419 e. The van der Waals surface area contributed by atoms with Crippen molar-refractivity contribution < 1.29 is 36.6 Å². The highest BCUT2D eigenvalue weighted by Crippen LogP contribution is 2.36. The lowest BCUT2D eigenvalue weighted by atomic mass is 9.95. The SMILES string of the molecule is CC(C)(C)OC(=O)N1CCC(c2nc(-c3ccc(F)c(C(F)(F)F)c3)cn2CC2CCCCN2C(=O)OCc2ccccc2)CC1. The first kappa shape index (κ1) is 33.3. The Kier molecular flexibility index (Phi) is 9.93. The van der Waals surface area contributed by atoms with E-state index in [2.05, 4.69) is 0 Å². The van der Waals surface area contributed by atoms with Crippen molar-refractivity contribution in [3.8, 4) is 11.3 Å². The minimum absolute atomic E-state index is 0.1000. The van der Waals surface area contributed by atoms with Crippen LogP contribution in [0.15, 0.2) is 54.7 Å². The lowest BCUT2D eigenvalue weighted by Crippen LogP contribution is -2.46. The van der Waals surface area contributed by atoms with E-state index in [0.717, 1.165) is 37.0 Å². The summed E-state index contributed by atoms with van der Waals surface area (Å²) in [6.07, 6.45) is -0.390. The van der Waals surface area contributed by atoms with Gasteiger partial charge in [0, 0.05) is 43.9 Å². The first-order chi connectivity index (χ1) is 21.8. The van der Waals surface area contributed by atoms with Gasteiger partial charge in [-0.1, -0.05) is 30.3 Å². The van der Waals surface area contributed by atoms with Gasteiger partial charge in [0.1, 0.15) is 23.8 Å². The van der Waals surface area contributed by atoms with Crippen LogP contribution in [0.5, 0.6) is 0 Å². The molecule has 2 aliphatic rings. The van der Waals surface area contributed by atoms with Crippen LogP contribution in [-0.4, -0.2) is 62.8 Å². The Labute approximate surface area is 266 Å². The summed E-state index contributed by atoms with van der Waals surface area (Å²) >= 11 is 0. The lowest BCUT2D eigenvalue weighted by Gasteiger charge is -2.36. The lowest BCUT2D eigenvalue weighted by molar-refractivity contribution is -0.139. The Bertz CT molecular complexity index is 1510. The highest BCUT2D eigenvalue weighted by Gasteiger charge is 2.36. The van der Waals surface area contributed by atoms with Gasteiger partial charge < -0.3 is 23.8 Å². The van der Waals surface area contributed by atoms with Gasteiger partial charge in [-0.3, -0.25) is 0 Å². The van der Waals surface area contributed by atoms with Gasteiger partial charge in [0.2, 0.25) is 0 Å². The van der Waals surface area contributed by atoms with Crippen LogP contribution >= 0.6 is 0 Å². The number of rotatable bonds is 6. The van der Waals surface area contributed by atoms with E-state index in [1.807, 2.05) is 55.7 Å². The average molecular weight is 645 g/mol. The molecule has 2 aliphatic heterocycles. The third-order valence-corrected chi connectivity index (χ3v) is 8.36. The van der Waals surface area contributed by atoms with Crippen molar-refractivity contribution in [2.75, 3.05) is 19.6 Å². The summed E-state index contributed by atoms with van der Waals surface area (Å²) in [4.78, 5) is 34.1. The number of imidazole rings is 1. The largest absolute Gasteiger partial charge is 0.445 e. The Morgan fingerprint density at radius 1 is 0.935 bits per heavy atom. The van der Waals surface area contributed by atoms with Crippen molar-refractivity contribution >= 4 is 12.2 Å². The van der Waals surface area contributed by atoms with E-state index < -0.39 is 35.3 Å². The molecule has 1 unspecified atom stereocenters. The van der Waals surface area contributed by atoms with Crippen molar-refractivity contribution in [2.24, 2.45) is 0 Å². The molecule has 8 nitrogen and oxygen atoms in total. The number of aromatic nitrogens is 2. The summed E-state index contributed by atoms with van der Waals surface area (Å²) in [5, 5.41) is 0. The fourth-order valence-electron chi connectivity index (χ4n) is 6.05. The standard InChI is InChI=1S/C34H40F4N4O4/c1-33(2,3)46-31(43)40-17-14-24(15-18-40)30-39-29(25-12-13-28(35)27(19-25)34(36,37)38)21-41(30)20-26-11-7-8-16-42(26)32(44)45-22-23-9-5-4-6-10-23/h4-6,9-10,12-13,19,21,24,26H,7-8,11,14-18,20,22H2,1-3H3. The van der Waals surface area contributed by atoms with Gasteiger partial charge in [-0.05, 0) is 76.6 Å². The van der Waals surface area contributed by atoms with Gasteiger partial charge in [-0.15, -0.1) is 0 Å². The molecule has 2 amide bonds. The second-order valence-electron chi connectivity index (χ2n) is 13.0. The molecule has 2 fully saturated rings. The summed E-state index contributed by atoms with van der Waals surface area (Å²) in [6.45, 7) is 7.31. The molecule has 3 heterocycles. The molecule has 248 valence electrons. The summed E-state index contributed by atoms with van der Waals surface area (Å²) < 4.78 is 67.9. The number of piperidine rings is 2. The number of nitrogens with zero attached hydrogens (tertiary/aromatic N) is 4. The van der Waals surface area contributed by atoms with Crippen molar-refractivity contribution in [3.05, 3.63) is 77.5 Å². The van der Waals surface area contributed by atoms with E-state index in [-0.39, 0.29) is 29.8 Å².